The van der Waals surface area contributed by atoms with Crippen molar-refractivity contribution in [1.29, 1.82) is 0 Å². The van der Waals surface area contributed by atoms with Crippen molar-refractivity contribution in [2.75, 3.05) is 17.7 Å². The Morgan fingerprint density at radius 3 is 2.31 bits per heavy atom. The fourth-order valence-electron chi connectivity index (χ4n) is 2.41. The van der Waals surface area contributed by atoms with Gasteiger partial charge in [-0.2, -0.15) is 4.98 Å². The van der Waals surface area contributed by atoms with Gasteiger partial charge in [-0.1, -0.05) is 35.3 Å². The van der Waals surface area contributed by atoms with Gasteiger partial charge in [0.25, 0.3) is 0 Å². The van der Waals surface area contributed by atoms with Crippen LogP contribution in [0.3, 0.4) is 0 Å². The number of anilines is 3. The zero-order valence-electron chi connectivity index (χ0n) is 14.4. The van der Waals surface area contributed by atoms with E-state index in [-0.39, 0.29) is 0 Å². The van der Waals surface area contributed by atoms with Gasteiger partial charge in [0.15, 0.2) is 0 Å². The molecule has 7 heteroatoms. The molecule has 0 radical (unpaired) electrons. The smallest absolute Gasteiger partial charge is 0.229 e. The number of hydrogen-bond donors (Lipinski definition) is 2. The van der Waals surface area contributed by atoms with Gasteiger partial charge < -0.3 is 15.4 Å². The molecule has 5 nitrogen and oxygen atoms in total. The molecule has 2 N–H and O–H groups in total. The van der Waals surface area contributed by atoms with Gasteiger partial charge in [-0.3, -0.25) is 0 Å². The van der Waals surface area contributed by atoms with Crippen LogP contribution in [0.4, 0.5) is 17.5 Å². The first-order chi connectivity index (χ1) is 12.5. The van der Waals surface area contributed by atoms with Crippen LogP contribution in [-0.2, 0) is 6.54 Å². The summed E-state index contributed by atoms with van der Waals surface area (Å²) in [7, 11) is 1.65. The molecule has 0 fully saturated rings. The molecule has 0 saturated heterocycles. The molecule has 0 aliphatic carbocycles. The molecule has 0 aliphatic heterocycles. The number of rotatable bonds is 6. The molecule has 0 spiro atoms. The third-order valence-electron chi connectivity index (χ3n) is 3.61. The van der Waals surface area contributed by atoms with E-state index < -0.39 is 0 Å². The van der Waals surface area contributed by atoms with Crippen LogP contribution in [0.1, 0.15) is 11.3 Å². The highest BCUT2D eigenvalue weighted by atomic mass is 35.5. The van der Waals surface area contributed by atoms with Crippen molar-refractivity contribution in [1.82, 2.24) is 9.97 Å². The number of nitrogens with one attached hydrogen (secondary N) is 2. The highest BCUT2D eigenvalue weighted by Crippen LogP contribution is 2.24. The second-order valence-electron chi connectivity index (χ2n) is 5.70. The lowest BCUT2D eigenvalue weighted by molar-refractivity contribution is 0.414. The summed E-state index contributed by atoms with van der Waals surface area (Å²) in [5.41, 5.74) is 2.69. The number of hydrogen-bond acceptors (Lipinski definition) is 5. The lowest BCUT2D eigenvalue weighted by Gasteiger charge is -2.11. The third-order valence-corrected chi connectivity index (χ3v) is 4.04. The number of benzene rings is 2. The predicted molar refractivity (Wildman–Crippen MR) is 107 cm³/mol. The standard InChI is InChI=1S/C19H18Cl2N4O/c1-12-7-18(22-11-13-3-5-17(26-2)6-4-13)25-19(23-12)24-16-9-14(20)8-15(21)10-16/h3-10H,11H2,1-2H3,(H2,22,23,24,25). The molecule has 0 bridgehead atoms. The van der Waals surface area contributed by atoms with Crippen LogP contribution in [-0.4, -0.2) is 17.1 Å². The Balaban J connectivity index is 1.72. The Morgan fingerprint density at radius 1 is 0.962 bits per heavy atom. The highest BCUT2D eigenvalue weighted by Gasteiger charge is 2.05. The number of halogens is 2. The molecule has 26 heavy (non-hydrogen) atoms. The molecule has 3 rings (SSSR count). The third kappa shape index (κ3) is 5.00. The van der Waals surface area contributed by atoms with E-state index in [1.807, 2.05) is 37.3 Å². The van der Waals surface area contributed by atoms with Crippen LogP contribution in [0.5, 0.6) is 5.75 Å². The maximum absolute atomic E-state index is 6.03. The second kappa shape index (κ2) is 8.25. The number of ether oxygens (including phenoxy) is 1. The van der Waals surface area contributed by atoms with Gasteiger partial charge in [0.05, 0.1) is 7.11 Å². The van der Waals surface area contributed by atoms with Gasteiger partial charge in [-0.05, 0) is 42.8 Å². The van der Waals surface area contributed by atoms with Crippen molar-refractivity contribution in [3.05, 3.63) is 69.8 Å². The molecule has 3 aromatic rings. The van der Waals surface area contributed by atoms with Gasteiger partial charge in [-0.25, -0.2) is 4.98 Å². The average molecular weight is 389 g/mol. The fraction of sp³-hybridized carbons (Fsp3) is 0.158. The summed E-state index contributed by atoms with van der Waals surface area (Å²) in [5.74, 6) is 2.03. The Hall–Kier alpha value is -2.50. The van der Waals surface area contributed by atoms with Gasteiger partial charge >= 0.3 is 0 Å². The molecule has 0 saturated carbocycles. The average Bonchev–Trinajstić information content (AvgIpc) is 2.59. The van der Waals surface area contributed by atoms with Crippen LogP contribution in [0, 0.1) is 6.92 Å². The van der Waals surface area contributed by atoms with Crippen LogP contribution in [0.25, 0.3) is 0 Å². The first-order valence-corrected chi connectivity index (χ1v) is 8.73. The topological polar surface area (TPSA) is 59.1 Å². The van der Waals surface area contributed by atoms with E-state index in [0.717, 1.165) is 28.5 Å². The number of aromatic nitrogens is 2. The van der Waals surface area contributed by atoms with Gasteiger partial charge in [0.1, 0.15) is 11.6 Å². The van der Waals surface area contributed by atoms with Crippen molar-refractivity contribution in [3.63, 3.8) is 0 Å². The van der Waals surface area contributed by atoms with E-state index in [1.165, 1.54) is 0 Å². The van der Waals surface area contributed by atoms with Crippen molar-refractivity contribution >= 4 is 40.7 Å². The van der Waals surface area contributed by atoms with E-state index in [0.29, 0.717) is 22.5 Å². The molecule has 0 unspecified atom stereocenters. The normalized spacial score (nSPS) is 10.5. The molecule has 0 amide bonds. The minimum absolute atomic E-state index is 0.473. The minimum atomic E-state index is 0.473. The fourth-order valence-corrected chi connectivity index (χ4v) is 2.93. The zero-order valence-corrected chi connectivity index (χ0v) is 15.9. The van der Waals surface area contributed by atoms with E-state index in [4.69, 9.17) is 27.9 Å². The van der Waals surface area contributed by atoms with E-state index in [9.17, 15) is 0 Å². The Kier molecular flexibility index (Phi) is 5.81. The first kappa shape index (κ1) is 18.3. The van der Waals surface area contributed by atoms with Gasteiger partial charge in [0.2, 0.25) is 5.95 Å². The molecule has 1 heterocycles. The lowest BCUT2D eigenvalue weighted by Crippen LogP contribution is -2.05. The molecule has 0 atom stereocenters. The van der Waals surface area contributed by atoms with E-state index in [1.54, 1.807) is 25.3 Å². The van der Waals surface area contributed by atoms with Crippen molar-refractivity contribution in [2.45, 2.75) is 13.5 Å². The van der Waals surface area contributed by atoms with Crippen molar-refractivity contribution < 1.29 is 4.74 Å². The van der Waals surface area contributed by atoms with Crippen LogP contribution in [0.15, 0.2) is 48.5 Å². The quantitative estimate of drug-likeness (QED) is 0.587. The summed E-state index contributed by atoms with van der Waals surface area (Å²) < 4.78 is 5.17. The Bertz CT molecular complexity index is 880. The maximum atomic E-state index is 6.03. The predicted octanol–water partition coefficient (Wildman–Crippen LogP) is 5.46. The lowest BCUT2D eigenvalue weighted by atomic mass is 10.2. The molecule has 2 aromatic carbocycles. The second-order valence-corrected chi connectivity index (χ2v) is 6.58. The summed E-state index contributed by atoms with van der Waals surface area (Å²) in [6.45, 7) is 2.55. The number of aryl methyl sites for hydroxylation is 1. The molecule has 0 aliphatic rings. The maximum Gasteiger partial charge on any atom is 0.229 e. The van der Waals surface area contributed by atoms with Crippen LogP contribution >= 0.6 is 23.2 Å². The molecule has 1 aromatic heterocycles. The van der Waals surface area contributed by atoms with E-state index in [2.05, 4.69) is 20.6 Å². The summed E-state index contributed by atoms with van der Waals surface area (Å²) in [6.07, 6.45) is 0. The minimum Gasteiger partial charge on any atom is -0.497 e. The summed E-state index contributed by atoms with van der Waals surface area (Å²) in [4.78, 5) is 8.89. The van der Waals surface area contributed by atoms with Gasteiger partial charge in [-0.15, -0.1) is 0 Å². The van der Waals surface area contributed by atoms with Crippen molar-refractivity contribution in [2.24, 2.45) is 0 Å². The zero-order chi connectivity index (χ0) is 18.5. The highest BCUT2D eigenvalue weighted by molar-refractivity contribution is 6.35. The summed E-state index contributed by atoms with van der Waals surface area (Å²) in [6, 6.07) is 15.0. The largest absolute Gasteiger partial charge is 0.497 e. The Labute approximate surface area is 162 Å². The molecule has 134 valence electrons. The van der Waals surface area contributed by atoms with Crippen molar-refractivity contribution in [3.8, 4) is 5.75 Å². The van der Waals surface area contributed by atoms with Crippen LogP contribution in [0.2, 0.25) is 10.0 Å². The Morgan fingerprint density at radius 2 is 1.65 bits per heavy atom. The summed E-state index contributed by atoms with van der Waals surface area (Å²) in [5, 5.41) is 7.53. The van der Waals surface area contributed by atoms with E-state index >= 15 is 0 Å². The van der Waals surface area contributed by atoms with Crippen LogP contribution < -0.4 is 15.4 Å². The first-order valence-electron chi connectivity index (χ1n) is 7.97. The number of nitrogens with zero attached hydrogens (tertiary/aromatic N) is 2. The number of methoxy groups -OCH3 is 1. The monoisotopic (exact) mass is 388 g/mol. The molecular formula is C19H18Cl2N4O. The summed E-state index contributed by atoms with van der Waals surface area (Å²) >= 11 is 12.1. The van der Waals surface area contributed by atoms with Gasteiger partial charge in [0, 0.05) is 34.0 Å². The molecular weight excluding hydrogens is 371 g/mol. The SMILES string of the molecule is COc1ccc(CNc2cc(C)nc(Nc3cc(Cl)cc(Cl)c3)n2)cc1.